The molecule has 0 atom stereocenters. The maximum Gasteiger partial charge on any atom is 0.0622 e. The zero-order valence-electron chi connectivity index (χ0n) is 7.14. The van der Waals surface area contributed by atoms with E-state index >= 15 is 0 Å². The minimum absolute atomic E-state index is 0.590. The van der Waals surface area contributed by atoms with Crippen molar-refractivity contribution in [1.29, 1.82) is 10.5 Å². The van der Waals surface area contributed by atoms with Gasteiger partial charge in [0.15, 0.2) is 0 Å². The minimum Gasteiger partial charge on any atom is -0.198 e. The Morgan fingerprint density at radius 3 is 1.42 bits per heavy atom. The zero-order valence-corrected chi connectivity index (χ0v) is 7.14. The molecule has 0 heterocycles. The smallest absolute Gasteiger partial charge is 0.0622 e. The van der Waals surface area contributed by atoms with Crippen LogP contribution in [-0.2, 0) is 0 Å². The first-order valence-corrected chi connectivity index (χ1v) is 4.11. The molecule has 0 N–H and O–H groups in total. The molecule has 0 aliphatic carbocycles. The molecule has 0 radical (unpaired) electrons. The zero-order chi connectivity index (χ0) is 9.07. The van der Waals surface area contributed by atoms with E-state index in [0.29, 0.717) is 12.8 Å². The quantitative estimate of drug-likeness (QED) is 0.468. The van der Waals surface area contributed by atoms with E-state index in [9.17, 15) is 0 Å². The second-order valence-electron chi connectivity index (χ2n) is 2.38. The number of nitrogens with zero attached hydrogens (tertiary/aromatic N) is 2. The SMILES string of the molecule is N#CCCCC#CCCCC#N. The molecule has 0 saturated heterocycles. The predicted molar refractivity (Wildman–Crippen MR) is 46.7 cm³/mol. The minimum atomic E-state index is 0.590. The van der Waals surface area contributed by atoms with Crippen LogP contribution >= 0.6 is 0 Å². The van der Waals surface area contributed by atoms with Crippen LogP contribution < -0.4 is 0 Å². The molecule has 2 heteroatoms. The molecule has 0 fully saturated rings. The largest absolute Gasteiger partial charge is 0.198 e. The molecule has 0 saturated carbocycles. The van der Waals surface area contributed by atoms with Gasteiger partial charge < -0.3 is 0 Å². The summed E-state index contributed by atoms with van der Waals surface area (Å²) in [6.45, 7) is 0. The Bertz CT molecular complexity index is 207. The van der Waals surface area contributed by atoms with Gasteiger partial charge in [-0.3, -0.25) is 0 Å². The van der Waals surface area contributed by atoms with Crippen molar-refractivity contribution in [3.8, 4) is 24.0 Å². The Hall–Kier alpha value is -1.46. The van der Waals surface area contributed by atoms with E-state index in [0.717, 1.165) is 25.7 Å². The summed E-state index contributed by atoms with van der Waals surface area (Å²) >= 11 is 0. The maximum atomic E-state index is 8.20. The Labute approximate surface area is 73.8 Å². The van der Waals surface area contributed by atoms with Crippen LogP contribution in [0.3, 0.4) is 0 Å². The van der Waals surface area contributed by atoms with Gasteiger partial charge in [-0.25, -0.2) is 0 Å². The van der Waals surface area contributed by atoms with Crippen molar-refractivity contribution in [2.24, 2.45) is 0 Å². The van der Waals surface area contributed by atoms with E-state index in [2.05, 4.69) is 24.0 Å². The van der Waals surface area contributed by atoms with Crippen LogP contribution in [0.15, 0.2) is 0 Å². The fourth-order valence-electron chi connectivity index (χ4n) is 0.688. The molecule has 62 valence electrons. The van der Waals surface area contributed by atoms with Gasteiger partial charge in [-0.1, -0.05) is 0 Å². The van der Waals surface area contributed by atoms with Crippen molar-refractivity contribution in [3.05, 3.63) is 0 Å². The highest BCUT2D eigenvalue weighted by molar-refractivity contribution is 4.99. The Kier molecular flexibility index (Phi) is 8.38. The molecule has 0 unspecified atom stereocenters. The topological polar surface area (TPSA) is 47.6 Å². The van der Waals surface area contributed by atoms with Crippen LogP contribution in [0.2, 0.25) is 0 Å². The van der Waals surface area contributed by atoms with Gasteiger partial charge in [-0.2, -0.15) is 10.5 Å². The molecule has 2 nitrogen and oxygen atoms in total. The fourth-order valence-corrected chi connectivity index (χ4v) is 0.688. The van der Waals surface area contributed by atoms with E-state index in [4.69, 9.17) is 10.5 Å². The summed E-state index contributed by atoms with van der Waals surface area (Å²) in [5.74, 6) is 5.94. The van der Waals surface area contributed by atoms with Crippen LogP contribution in [0, 0.1) is 34.5 Å². The van der Waals surface area contributed by atoms with Gasteiger partial charge in [-0.05, 0) is 12.8 Å². The Balaban J connectivity index is 3.14. The molecule has 0 rings (SSSR count). The highest BCUT2D eigenvalue weighted by Crippen LogP contribution is 1.94. The third-order valence-electron chi connectivity index (χ3n) is 1.31. The molecule has 0 aliphatic heterocycles. The molecule has 0 aromatic rings. The van der Waals surface area contributed by atoms with Gasteiger partial charge in [0.1, 0.15) is 0 Å². The summed E-state index contributed by atoms with van der Waals surface area (Å²) in [7, 11) is 0. The molecule has 0 amide bonds. The highest BCUT2D eigenvalue weighted by atomic mass is 14.2. The molecule has 0 spiro atoms. The summed E-state index contributed by atoms with van der Waals surface area (Å²) in [6.07, 6.45) is 4.52. The number of unbranched alkanes of at least 4 members (excludes halogenated alkanes) is 4. The Morgan fingerprint density at radius 2 is 1.08 bits per heavy atom. The number of nitriles is 2. The van der Waals surface area contributed by atoms with E-state index in [1.54, 1.807) is 0 Å². The van der Waals surface area contributed by atoms with E-state index in [1.807, 2.05) is 0 Å². The summed E-state index contributed by atoms with van der Waals surface area (Å²) in [5.41, 5.74) is 0. The average Bonchev–Trinajstić information content (AvgIpc) is 2.10. The lowest BCUT2D eigenvalue weighted by molar-refractivity contribution is 0.877. The molecule has 0 aliphatic rings. The van der Waals surface area contributed by atoms with E-state index in [-0.39, 0.29) is 0 Å². The number of hydrogen-bond acceptors (Lipinski definition) is 2. The fraction of sp³-hybridized carbons (Fsp3) is 0.600. The van der Waals surface area contributed by atoms with Gasteiger partial charge >= 0.3 is 0 Å². The van der Waals surface area contributed by atoms with Crippen molar-refractivity contribution in [2.45, 2.75) is 38.5 Å². The van der Waals surface area contributed by atoms with Gasteiger partial charge in [0.25, 0.3) is 0 Å². The molecule has 0 aromatic heterocycles. The van der Waals surface area contributed by atoms with E-state index < -0.39 is 0 Å². The summed E-state index contributed by atoms with van der Waals surface area (Å²) in [6, 6.07) is 4.14. The van der Waals surface area contributed by atoms with Crippen molar-refractivity contribution >= 4 is 0 Å². The second kappa shape index (κ2) is 9.54. The lowest BCUT2D eigenvalue weighted by atomic mass is 10.2. The van der Waals surface area contributed by atoms with Gasteiger partial charge in [-0.15, -0.1) is 11.8 Å². The van der Waals surface area contributed by atoms with Crippen LogP contribution in [0.25, 0.3) is 0 Å². The molecule has 0 aromatic carbocycles. The second-order valence-corrected chi connectivity index (χ2v) is 2.38. The number of rotatable bonds is 4. The lowest BCUT2D eigenvalue weighted by Crippen LogP contribution is -1.71. The summed E-state index contributed by atoms with van der Waals surface area (Å²) < 4.78 is 0. The van der Waals surface area contributed by atoms with Crippen LogP contribution in [0.5, 0.6) is 0 Å². The average molecular weight is 160 g/mol. The van der Waals surface area contributed by atoms with Crippen molar-refractivity contribution < 1.29 is 0 Å². The van der Waals surface area contributed by atoms with Crippen molar-refractivity contribution in [3.63, 3.8) is 0 Å². The van der Waals surface area contributed by atoms with Crippen molar-refractivity contribution in [2.75, 3.05) is 0 Å². The monoisotopic (exact) mass is 160 g/mol. The molecule has 12 heavy (non-hydrogen) atoms. The first-order valence-electron chi connectivity index (χ1n) is 4.11. The molecular weight excluding hydrogens is 148 g/mol. The molecular formula is C10H12N2. The van der Waals surface area contributed by atoms with Crippen LogP contribution in [0.4, 0.5) is 0 Å². The lowest BCUT2D eigenvalue weighted by Gasteiger charge is -1.83. The molecule has 0 bridgehead atoms. The van der Waals surface area contributed by atoms with Gasteiger partial charge in [0.05, 0.1) is 12.1 Å². The van der Waals surface area contributed by atoms with Crippen LogP contribution in [0.1, 0.15) is 38.5 Å². The van der Waals surface area contributed by atoms with Crippen molar-refractivity contribution in [1.82, 2.24) is 0 Å². The van der Waals surface area contributed by atoms with E-state index in [1.165, 1.54) is 0 Å². The maximum absolute atomic E-state index is 8.20. The Morgan fingerprint density at radius 1 is 0.667 bits per heavy atom. The third-order valence-corrected chi connectivity index (χ3v) is 1.31. The first-order chi connectivity index (χ1) is 5.91. The van der Waals surface area contributed by atoms with Gasteiger partial charge in [0, 0.05) is 25.7 Å². The van der Waals surface area contributed by atoms with Gasteiger partial charge in [0.2, 0.25) is 0 Å². The standard InChI is InChI=1S/C10H12N2/c11-9-7-5-3-1-2-4-6-8-10-12/h3-8H2. The number of hydrogen-bond donors (Lipinski definition) is 0. The summed E-state index contributed by atoms with van der Waals surface area (Å²) in [5, 5.41) is 16.4. The third kappa shape index (κ3) is 8.54. The predicted octanol–water partition coefficient (Wildman–Crippen LogP) is 2.38. The summed E-state index contributed by atoms with van der Waals surface area (Å²) in [4.78, 5) is 0. The van der Waals surface area contributed by atoms with Crippen LogP contribution in [-0.4, -0.2) is 0 Å². The highest BCUT2D eigenvalue weighted by Gasteiger charge is 1.81. The normalized spacial score (nSPS) is 7.50. The first kappa shape index (κ1) is 10.5.